The normalized spacial score (nSPS) is 38.1. The van der Waals surface area contributed by atoms with Crippen molar-refractivity contribution < 1.29 is 9.53 Å². The molecule has 4 heteroatoms. The molecule has 1 amide bonds. The monoisotopic (exact) mass is 259 g/mol. The lowest BCUT2D eigenvalue weighted by molar-refractivity contribution is -0.138. The smallest absolute Gasteiger partial charge is 0.228 e. The Bertz CT molecular complexity index is 285. The highest BCUT2D eigenvalue weighted by atomic mass is 35.5. The van der Waals surface area contributed by atoms with Crippen LogP contribution in [0.1, 0.15) is 39.0 Å². The highest BCUT2D eigenvalue weighted by Gasteiger charge is 2.37. The minimum Gasteiger partial charge on any atom is -0.378 e. The largest absolute Gasteiger partial charge is 0.378 e. The molecule has 2 aliphatic rings. The number of hydrogen-bond donors (Lipinski definition) is 0. The Morgan fingerprint density at radius 1 is 1.29 bits per heavy atom. The van der Waals surface area contributed by atoms with E-state index in [9.17, 15) is 4.79 Å². The second-order valence-electron chi connectivity index (χ2n) is 5.29. The fraction of sp³-hybridized carbons (Fsp3) is 0.923. The van der Waals surface area contributed by atoms with Crippen molar-refractivity contribution in [2.75, 3.05) is 13.7 Å². The van der Waals surface area contributed by atoms with Crippen LogP contribution in [0.2, 0.25) is 0 Å². The minimum absolute atomic E-state index is 0.0331. The van der Waals surface area contributed by atoms with Crippen molar-refractivity contribution in [1.82, 2.24) is 4.90 Å². The number of nitrogens with zero attached hydrogens (tertiary/aromatic N) is 1. The maximum absolute atomic E-state index is 12.4. The lowest BCUT2D eigenvalue weighted by Crippen LogP contribution is -2.47. The van der Waals surface area contributed by atoms with Gasteiger partial charge < -0.3 is 9.64 Å². The Hall–Kier alpha value is -0.280. The molecule has 0 aromatic rings. The average Bonchev–Trinajstić information content (AvgIpc) is 2.74. The molecule has 0 N–H and O–H groups in total. The first kappa shape index (κ1) is 13.2. The molecule has 98 valence electrons. The van der Waals surface area contributed by atoms with Crippen molar-refractivity contribution in [1.29, 1.82) is 0 Å². The molecular weight excluding hydrogens is 238 g/mol. The predicted octanol–water partition coefficient (Wildman–Crippen LogP) is 2.42. The summed E-state index contributed by atoms with van der Waals surface area (Å²) in [5, 5.41) is 0.121. The van der Waals surface area contributed by atoms with Gasteiger partial charge in [-0.05, 0) is 26.2 Å². The Morgan fingerprint density at radius 2 is 2.00 bits per heavy atom. The fourth-order valence-corrected chi connectivity index (χ4v) is 3.43. The van der Waals surface area contributed by atoms with Crippen LogP contribution in [0.15, 0.2) is 0 Å². The van der Waals surface area contributed by atoms with Crippen LogP contribution in [0.3, 0.4) is 0 Å². The van der Waals surface area contributed by atoms with E-state index < -0.39 is 0 Å². The fourth-order valence-electron chi connectivity index (χ4n) is 2.98. The van der Waals surface area contributed by atoms with Gasteiger partial charge in [-0.3, -0.25) is 4.79 Å². The van der Waals surface area contributed by atoms with Gasteiger partial charge in [-0.25, -0.2) is 0 Å². The third kappa shape index (κ3) is 2.76. The van der Waals surface area contributed by atoms with Gasteiger partial charge in [-0.15, -0.1) is 11.6 Å². The van der Waals surface area contributed by atoms with Crippen LogP contribution in [0.25, 0.3) is 0 Å². The van der Waals surface area contributed by atoms with Crippen LogP contribution >= 0.6 is 11.6 Å². The van der Waals surface area contributed by atoms with Gasteiger partial charge in [-0.1, -0.05) is 12.8 Å². The first-order chi connectivity index (χ1) is 8.11. The van der Waals surface area contributed by atoms with E-state index in [1.165, 1.54) is 12.8 Å². The number of alkyl halides is 1. The second kappa shape index (κ2) is 5.57. The molecule has 3 nitrogen and oxygen atoms in total. The van der Waals surface area contributed by atoms with Crippen molar-refractivity contribution in [3.05, 3.63) is 0 Å². The van der Waals surface area contributed by atoms with Gasteiger partial charge in [0.2, 0.25) is 5.91 Å². The van der Waals surface area contributed by atoms with Crippen molar-refractivity contribution in [3.63, 3.8) is 0 Å². The van der Waals surface area contributed by atoms with Crippen LogP contribution in [-0.2, 0) is 9.53 Å². The molecule has 0 aromatic heterocycles. The zero-order valence-corrected chi connectivity index (χ0v) is 11.4. The SMILES string of the molecule is CC1OCCC1C(=O)N(C)C1CCCCC1Cl. The molecular formula is C13H22ClNO2. The minimum atomic E-state index is 0.0331. The van der Waals surface area contributed by atoms with E-state index in [1.807, 2.05) is 18.9 Å². The Labute approximate surface area is 108 Å². The highest BCUT2D eigenvalue weighted by molar-refractivity contribution is 6.21. The van der Waals surface area contributed by atoms with Crippen LogP contribution < -0.4 is 0 Å². The topological polar surface area (TPSA) is 29.5 Å². The molecule has 2 rings (SSSR count). The molecule has 1 heterocycles. The molecule has 17 heavy (non-hydrogen) atoms. The lowest BCUT2D eigenvalue weighted by atomic mass is 9.92. The lowest BCUT2D eigenvalue weighted by Gasteiger charge is -2.36. The molecule has 0 radical (unpaired) electrons. The first-order valence-corrected chi connectivity index (χ1v) is 7.07. The average molecular weight is 260 g/mol. The quantitative estimate of drug-likeness (QED) is 0.713. The molecule has 1 aliphatic carbocycles. The van der Waals surface area contributed by atoms with Gasteiger partial charge in [0.05, 0.1) is 17.4 Å². The van der Waals surface area contributed by atoms with Gasteiger partial charge in [0.1, 0.15) is 0 Å². The number of rotatable bonds is 2. The number of carbonyl (C=O) groups is 1. The first-order valence-electron chi connectivity index (χ1n) is 6.63. The number of halogens is 1. The van der Waals surface area contributed by atoms with E-state index in [0.717, 1.165) is 19.3 Å². The maximum atomic E-state index is 12.4. The molecule has 4 unspecified atom stereocenters. The maximum Gasteiger partial charge on any atom is 0.228 e. The summed E-state index contributed by atoms with van der Waals surface area (Å²) in [4.78, 5) is 14.3. The summed E-state index contributed by atoms with van der Waals surface area (Å²) in [5.74, 6) is 0.248. The zero-order chi connectivity index (χ0) is 12.4. The van der Waals surface area contributed by atoms with E-state index in [2.05, 4.69) is 0 Å². The Kier molecular flexibility index (Phi) is 4.31. The van der Waals surface area contributed by atoms with Crippen LogP contribution in [0.4, 0.5) is 0 Å². The third-order valence-corrected chi connectivity index (χ3v) is 4.69. The molecule has 1 aliphatic heterocycles. The molecule has 1 saturated carbocycles. The second-order valence-corrected chi connectivity index (χ2v) is 5.85. The summed E-state index contributed by atoms with van der Waals surface area (Å²) in [7, 11) is 1.90. The van der Waals surface area contributed by atoms with Crippen molar-refractivity contribution in [2.45, 2.75) is 56.6 Å². The Morgan fingerprint density at radius 3 is 2.59 bits per heavy atom. The van der Waals surface area contributed by atoms with E-state index in [-0.39, 0.29) is 29.3 Å². The third-order valence-electron chi connectivity index (χ3n) is 4.19. The molecule has 0 spiro atoms. The number of amides is 1. The number of hydrogen-bond acceptors (Lipinski definition) is 2. The van der Waals surface area contributed by atoms with Gasteiger partial charge in [0, 0.05) is 19.7 Å². The van der Waals surface area contributed by atoms with Crippen LogP contribution in [-0.4, -0.2) is 42.0 Å². The van der Waals surface area contributed by atoms with E-state index in [0.29, 0.717) is 6.61 Å². The molecule has 2 fully saturated rings. The summed E-state index contributed by atoms with van der Waals surface area (Å²) < 4.78 is 5.47. The van der Waals surface area contributed by atoms with E-state index >= 15 is 0 Å². The van der Waals surface area contributed by atoms with Crippen molar-refractivity contribution in [2.24, 2.45) is 5.92 Å². The summed E-state index contributed by atoms with van der Waals surface area (Å²) in [6.07, 6.45) is 5.35. The Balaban J connectivity index is 1.98. The van der Waals surface area contributed by atoms with Crippen LogP contribution in [0.5, 0.6) is 0 Å². The standard InChI is InChI=1S/C13H22ClNO2/c1-9-10(7-8-17-9)13(16)15(2)12-6-4-3-5-11(12)14/h9-12H,3-8H2,1-2H3. The van der Waals surface area contributed by atoms with Gasteiger partial charge in [0.15, 0.2) is 0 Å². The van der Waals surface area contributed by atoms with E-state index in [4.69, 9.17) is 16.3 Å². The van der Waals surface area contributed by atoms with Crippen molar-refractivity contribution >= 4 is 17.5 Å². The highest BCUT2D eigenvalue weighted by Crippen LogP contribution is 2.29. The zero-order valence-electron chi connectivity index (χ0n) is 10.7. The predicted molar refractivity (Wildman–Crippen MR) is 68.2 cm³/mol. The molecule has 0 aromatic carbocycles. The molecule has 0 bridgehead atoms. The van der Waals surface area contributed by atoms with E-state index in [1.54, 1.807) is 0 Å². The molecule has 4 atom stereocenters. The summed E-state index contributed by atoms with van der Waals surface area (Å²) >= 11 is 6.34. The summed E-state index contributed by atoms with van der Waals surface area (Å²) in [6.45, 7) is 2.70. The van der Waals surface area contributed by atoms with Crippen molar-refractivity contribution in [3.8, 4) is 0 Å². The molecule has 1 saturated heterocycles. The van der Waals surface area contributed by atoms with Gasteiger partial charge in [-0.2, -0.15) is 0 Å². The summed E-state index contributed by atoms with van der Waals surface area (Å²) in [5.41, 5.74) is 0. The number of carbonyl (C=O) groups excluding carboxylic acids is 1. The van der Waals surface area contributed by atoms with Gasteiger partial charge >= 0.3 is 0 Å². The van der Waals surface area contributed by atoms with Gasteiger partial charge in [0.25, 0.3) is 0 Å². The van der Waals surface area contributed by atoms with Crippen LogP contribution in [0, 0.1) is 5.92 Å². The number of ether oxygens (including phenoxy) is 1. The summed E-state index contributed by atoms with van der Waals surface area (Å²) in [6, 6.07) is 0.214.